The van der Waals surface area contributed by atoms with Gasteiger partial charge >= 0.3 is 0 Å². The zero-order chi connectivity index (χ0) is 21.5. The predicted molar refractivity (Wildman–Crippen MR) is 132 cm³/mol. The van der Waals surface area contributed by atoms with Crippen LogP contribution in [0.2, 0.25) is 0 Å². The third-order valence-corrected chi connectivity index (χ3v) is 6.45. The largest absolute Gasteiger partial charge is 0.490 e. The van der Waals surface area contributed by atoms with Crippen molar-refractivity contribution in [2.45, 2.75) is 31.6 Å². The molecule has 1 amide bonds. The van der Waals surface area contributed by atoms with Gasteiger partial charge in [-0.1, -0.05) is 49.5 Å². The molecule has 0 aliphatic carbocycles. The Labute approximate surface area is 192 Å². The van der Waals surface area contributed by atoms with E-state index in [2.05, 4.69) is 6.92 Å². The lowest BCUT2D eigenvalue weighted by molar-refractivity contribution is -0.113. The van der Waals surface area contributed by atoms with E-state index in [0.717, 1.165) is 34.7 Å². The third-order valence-electron chi connectivity index (χ3n) is 4.43. The molecule has 0 unspecified atom stereocenters. The Kier molecular flexibility index (Phi) is 8.24. The number of thiocarbonyl (C=S) groups is 1. The molecule has 2 aromatic carbocycles. The molecule has 3 rings (SSSR count). The van der Waals surface area contributed by atoms with Crippen LogP contribution in [0.1, 0.15) is 32.3 Å². The van der Waals surface area contributed by atoms with E-state index in [-0.39, 0.29) is 5.91 Å². The molecule has 0 N–H and O–H groups in total. The molecule has 4 nitrogen and oxygen atoms in total. The van der Waals surface area contributed by atoms with Crippen molar-refractivity contribution in [2.75, 3.05) is 24.4 Å². The summed E-state index contributed by atoms with van der Waals surface area (Å²) in [5.41, 5.74) is 1.67. The highest BCUT2D eigenvalue weighted by Crippen LogP contribution is 2.38. The van der Waals surface area contributed by atoms with Gasteiger partial charge in [-0.3, -0.25) is 9.69 Å². The first kappa shape index (κ1) is 22.7. The van der Waals surface area contributed by atoms with Crippen molar-refractivity contribution in [1.29, 1.82) is 0 Å². The molecule has 0 bridgehead atoms. The second-order valence-electron chi connectivity index (χ2n) is 6.56. The third kappa shape index (κ3) is 5.39. The van der Waals surface area contributed by atoms with Crippen LogP contribution < -0.4 is 14.4 Å². The first-order valence-electron chi connectivity index (χ1n) is 9.89. The highest BCUT2D eigenvalue weighted by molar-refractivity contribution is 8.27. The number of unbranched alkanes of at least 4 members (excludes halogenated alkanes) is 1. The summed E-state index contributed by atoms with van der Waals surface area (Å²) in [5.74, 6) is 1.30. The van der Waals surface area contributed by atoms with Gasteiger partial charge in [-0.25, -0.2) is 0 Å². The number of nitrogens with zero attached hydrogens (tertiary/aromatic N) is 1. The summed E-state index contributed by atoms with van der Waals surface area (Å²) in [6, 6.07) is 13.6. The predicted octanol–water partition coefficient (Wildman–Crippen LogP) is 6.39. The molecular weight excluding hydrogens is 434 g/mol. The number of rotatable bonds is 9. The molecule has 0 radical (unpaired) electrons. The van der Waals surface area contributed by atoms with Crippen molar-refractivity contribution in [1.82, 2.24) is 0 Å². The molecule has 158 valence electrons. The van der Waals surface area contributed by atoms with Gasteiger partial charge in [0.15, 0.2) is 15.8 Å². The van der Waals surface area contributed by atoms with Crippen molar-refractivity contribution in [3.8, 4) is 11.5 Å². The topological polar surface area (TPSA) is 38.8 Å². The highest BCUT2D eigenvalue weighted by Gasteiger charge is 2.33. The number of amides is 1. The van der Waals surface area contributed by atoms with Crippen LogP contribution in [-0.2, 0) is 4.79 Å². The van der Waals surface area contributed by atoms with Gasteiger partial charge < -0.3 is 9.47 Å². The summed E-state index contributed by atoms with van der Waals surface area (Å²) >= 11 is 8.44. The molecule has 0 saturated carbocycles. The second kappa shape index (κ2) is 10.9. The molecule has 2 aromatic rings. The lowest BCUT2D eigenvalue weighted by Gasteiger charge is -2.15. The average molecular weight is 460 g/mol. The zero-order valence-corrected chi connectivity index (χ0v) is 19.8. The van der Waals surface area contributed by atoms with E-state index in [4.69, 9.17) is 21.7 Å². The molecule has 1 aliphatic rings. The minimum absolute atomic E-state index is 0.107. The fourth-order valence-electron chi connectivity index (χ4n) is 2.92. The van der Waals surface area contributed by atoms with Crippen molar-refractivity contribution >= 4 is 57.7 Å². The molecule has 7 heteroatoms. The van der Waals surface area contributed by atoms with Crippen LogP contribution in [0.5, 0.6) is 11.5 Å². The van der Waals surface area contributed by atoms with E-state index >= 15 is 0 Å². The van der Waals surface area contributed by atoms with Gasteiger partial charge in [0.2, 0.25) is 0 Å². The summed E-state index contributed by atoms with van der Waals surface area (Å²) in [5, 5.41) is 0. The van der Waals surface area contributed by atoms with Crippen LogP contribution in [0, 0.1) is 0 Å². The fraction of sp³-hybridized carbons (Fsp3) is 0.304. The maximum Gasteiger partial charge on any atom is 0.270 e. The summed E-state index contributed by atoms with van der Waals surface area (Å²) in [6.45, 7) is 5.27. The second-order valence-corrected chi connectivity index (χ2v) is 9.12. The zero-order valence-electron chi connectivity index (χ0n) is 17.3. The van der Waals surface area contributed by atoms with E-state index in [9.17, 15) is 4.79 Å². The molecule has 1 saturated heterocycles. The van der Waals surface area contributed by atoms with Gasteiger partial charge in [-0.05, 0) is 61.6 Å². The average Bonchev–Trinajstić information content (AvgIpc) is 3.02. The van der Waals surface area contributed by atoms with Crippen molar-refractivity contribution in [3.05, 3.63) is 52.9 Å². The van der Waals surface area contributed by atoms with E-state index in [1.165, 1.54) is 11.8 Å². The number of hydrogen-bond acceptors (Lipinski definition) is 6. The molecule has 30 heavy (non-hydrogen) atoms. The SMILES string of the molecule is CCCCOc1ccc(/C=C2\SC(=S)N(c3cccc(SC)c3)C2=O)cc1OCC. The van der Waals surface area contributed by atoms with Crippen molar-refractivity contribution in [3.63, 3.8) is 0 Å². The van der Waals surface area contributed by atoms with Gasteiger partial charge in [-0.15, -0.1) is 11.8 Å². The summed E-state index contributed by atoms with van der Waals surface area (Å²) < 4.78 is 12.1. The van der Waals surface area contributed by atoms with Crippen LogP contribution in [0.15, 0.2) is 52.3 Å². The van der Waals surface area contributed by atoms with Gasteiger partial charge in [0.05, 0.1) is 23.8 Å². The van der Waals surface area contributed by atoms with Crippen LogP contribution in [0.4, 0.5) is 5.69 Å². The Morgan fingerprint density at radius 2 is 1.97 bits per heavy atom. The first-order chi connectivity index (χ1) is 14.6. The quantitative estimate of drug-likeness (QED) is 0.187. The number of hydrogen-bond donors (Lipinski definition) is 0. The van der Waals surface area contributed by atoms with Gasteiger partial charge in [0.25, 0.3) is 5.91 Å². The Morgan fingerprint density at radius 1 is 1.13 bits per heavy atom. The maximum atomic E-state index is 13.1. The van der Waals surface area contributed by atoms with Crippen molar-refractivity contribution < 1.29 is 14.3 Å². The lowest BCUT2D eigenvalue weighted by atomic mass is 10.1. The van der Waals surface area contributed by atoms with Gasteiger partial charge in [0, 0.05) is 4.90 Å². The Morgan fingerprint density at radius 3 is 2.70 bits per heavy atom. The number of carbonyl (C=O) groups is 1. The van der Waals surface area contributed by atoms with Crippen molar-refractivity contribution in [2.24, 2.45) is 0 Å². The number of ether oxygens (including phenoxy) is 2. The van der Waals surface area contributed by atoms with E-state index in [1.807, 2.05) is 61.7 Å². The molecule has 0 spiro atoms. The molecule has 1 heterocycles. The van der Waals surface area contributed by atoms with Crippen LogP contribution in [0.25, 0.3) is 6.08 Å². The van der Waals surface area contributed by atoms with Crippen LogP contribution in [0.3, 0.4) is 0 Å². The minimum Gasteiger partial charge on any atom is -0.490 e. The number of anilines is 1. The normalized spacial score (nSPS) is 15.2. The first-order valence-corrected chi connectivity index (χ1v) is 12.3. The standard InChI is InChI=1S/C23H25NO3S3/c1-4-6-12-27-19-11-10-16(13-20(19)26-5-2)14-21-22(25)24(23(28)30-21)17-8-7-9-18(15-17)29-3/h7-11,13-15H,4-6,12H2,1-3H3/b21-14-. The smallest absolute Gasteiger partial charge is 0.270 e. The Hall–Kier alpha value is -1.96. The number of carbonyl (C=O) groups excluding carboxylic acids is 1. The molecule has 1 fully saturated rings. The number of benzene rings is 2. The summed E-state index contributed by atoms with van der Waals surface area (Å²) in [4.78, 5) is 16.3. The molecule has 1 aliphatic heterocycles. The minimum atomic E-state index is -0.107. The monoisotopic (exact) mass is 459 g/mol. The van der Waals surface area contributed by atoms with E-state index in [1.54, 1.807) is 16.7 Å². The molecular formula is C23H25NO3S3. The van der Waals surface area contributed by atoms with Crippen LogP contribution >= 0.6 is 35.7 Å². The van der Waals surface area contributed by atoms with Crippen LogP contribution in [-0.4, -0.2) is 29.7 Å². The Balaban J connectivity index is 1.84. The fourth-order valence-corrected chi connectivity index (χ4v) is 4.67. The Bertz CT molecular complexity index is 958. The summed E-state index contributed by atoms with van der Waals surface area (Å²) in [7, 11) is 0. The lowest BCUT2D eigenvalue weighted by Crippen LogP contribution is -2.27. The molecule has 0 aromatic heterocycles. The van der Waals surface area contributed by atoms with Gasteiger partial charge in [0.1, 0.15) is 0 Å². The number of thioether (sulfide) groups is 2. The van der Waals surface area contributed by atoms with E-state index in [0.29, 0.717) is 28.2 Å². The molecule has 0 atom stereocenters. The summed E-state index contributed by atoms with van der Waals surface area (Å²) in [6.07, 6.45) is 5.93. The maximum absolute atomic E-state index is 13.1. The van der Waals surface area contributed by atoms with E-state index < -0.39 is 0 Å². The highest BCUT2D eigenvalue weighted by atomic mass is 32.2. The van der Waals surface area contributed by atoms with Gasteiger partial charge in [-0.2, -0.15) is 0 Å².